The molecule has 3 atom stereocenters. The molecule has 0 amide bonds. The van der Waals surface area contributed by atoms with E-state index in [1.54, 1.807) is 0 Å². The Hall–Kier alpha value is -2.15. The number of rotatable bonds is 4. The van der Waals surface area contributed by atoms with Gasteiger partial charge in [0.05, 0.1) is 11.6 Å². The molecule has 134 valence electrons. The molecule has 2 fully saturated rings. The van der Waals surface area contributed by atoms with Gasteiger partial charge < -0.3 is 4.74 Å². The minimum atomic E-state index is -0.252. The standard InChI is InChI=1S/C23H26N2O/c1-26-23(20-10-5-9-19(13-20)14-24)21-11-6-12-22(23)17-25(16-21)15-18-7-3-2-4-8-18/h2-5,7-10,13,21-22H,6,11-12,15-17H2,1H3/t21-,22+,23?. The number of benzene rings is 2. The Bertz CT molecular complexity index is 781. The Morgan fingerprint density at radius 3 is 2.46 bits per heavy atom. The highest BCUT2D eigenvalue weighted by Gasteiger charge is 2.53. The van der Waals surface area contributed by atoms with E-state index in [1.807, 2.05) is 25.3 Å². The third kappa shape index (κ3) is 2.94. The summed E-state index contributed by atoms with van der Waals surface area (Å²) in [6.45, 7) is 3.11. The maximum atomic E-state index is 9.33. The fourth-order valence-electron chi connectivity index (χ4n) is 5.25. The first-order valence-electron chi connectivity index (χ1n) is 9.58. The molecule has 3 heteroatoms. The van der Waals surface area contributed by atoms with Crippen LogP contribution in [-0.2, 0) is 16.9 Å². The normalized spacial score (nSPS) is 28.5. The first-order valence-corrected chi connectivity index (χ1v) is 9.58. The van der Waals surface area contributed by atoms with Gasteiger partial charge in [-0.1, -0.05) is 48.9 Å². The topological polar surface area (TPSA) is 36.3 Å². The van der Waals surface area contributed by atoms with Gasteiger partial charge in [-0.05, 0) is 36.1 Å². The molecule has 1 saturated heterocycles. The number of nitriles is 1. The maximum Gasteiger partial charge on any atom is 0.101 e. The summed E-state index contributed by atoms with van der Waals surface area (Å²) in [5.74, 6) is 0.940. The predicted octanol–water partition coefficient (Wildman–Crippen LogP) is 4.33. The molecule has 0 aromatic heterocycles. The molecule has 1 saturated carbocycles. The van der Waals surface area contributed by atoms with Gasteiger partial charge in [-0.15, -0.1) is 0 Å². The van der Waals surface area contributed by atoms with Crippen molar-refractivity contribution in [1.29, 1.82) is 5.26 Å². The number of piperidine rings is 1. The van der Waals surface area contributed by atoms with E-state index in [0.29, 0.717) is 11.8 Å². The lowest BCUT2D eigenvalue weighted by molar-refractivity contribution is -0.170. The van der Waals surface area contributed by atoms with E-state index in [2.05, 4.69) is 47.4 Å². The smallest absolute Gasteiger partial charge is 0.101 e. The third-order valence-electron chi connectivity index (χ3n) is 6.30. The number of methoxy groups -OCH3 is 1. The maximum absolute atomic E-state index is 9.33. The summed E-state index contributed by atoms with van der Waals surface area (Å²) in [4.78, 5) is 2.59. The summed E-state index contributed by atoms with van der Waals surface area (Å²) in [5, 5.41) is 9.33. The molecule has 0 N–H and O–H groups in total. The highest BCUT2D eigenvalue weighted by Crippen LogP contribution is 2.51. The van der Waals surface area contributed by atoms with E-state index in [9.17, 15) is 5.26 Å². The second-order valence-electron chi connectivity index (χ2n) is 7.69. The van der Waals surface area contributed by atoms with Crippen molar-refractivity contribution in [2.75, 3.05) is 20.2 Å². The highest BCUT2D eigenvalue weighted by atomic mass is 16.5. The van der Waals surface area contributed by atoms with Crippen LogP contribution in [0.15, 0.2) is 54.6 Å². The van der Waals surface area contributed by atoms with Crippen molar-refractivity contribution < 1.29 is 4.74 Å². The van der Waals surface area contributed by atoms with Gasteiger partial charge in [0.2, 0.25) is 0 Å². The first kappa shape index (κ1) is 17.3. The zero-order valence-electron chi connectivity index (χ0n) is 15.4. The molecule has 0 radical (unpaired) electrons. The Morgan fingerprint density at radius 1 is 1.08 bits per heavy atom. The van der Waals surface area contributed by atoms with Crippen LogP contribution in [0.3, 0.4) is 0 Å². The summed E-state index contributed by atoms with van der Waals surface area (Å²) in [7, 11) is 1.86. The number of hydrogen-bond donors (Lipinski definition) is 0. The van der Waals surface area contributed by atoms with Gasteiger partial charge in [0, 0.05) is 38.6 Å². The lowest BCUT2D eigenvalue weighted by atomic mass is 9.62. The fraction of sp³-hybridized carbons (Fsp3) is 0.435. The third-order valence-corrected chi connectivity index (χ3v) is 6.30. The van der Waals surface area contributed by atoms with Crippen LogP contribution in [0.4, 0.5) is 0 Å². The molecule has 1 unspecified atom stereocenters. The van der Waals surface area contributed by atoms with Crippen molar-refractivity contribution in [2.24, 2.45) is 11.8 Å². The number of ether oxygens (including phenoxy) is 1. The van der Waals surface area contributed by atoms with Crippen molar-refractivity contribution in [3.8, 4) is 6.07 Å². The number of likely N-dealkylation sites (tertiary alicyclic amines) is 1. The Morgan fingerprint density at radius 2 is 1.81 bits per heavy atom. The molecule has 1 aliphatic heterocycles. The molecule has 2 aromatic rings. The van der Waals surface area contributed by atoms with Gasteiger partial charge in [0.25, 0.3) is 0 Å². The number of nitrogens with zero attached hydrogens (tertiary/aromatic N) is 2. The molecule has 4 rings (SSSR count). The zero-order valence-corrected chi connectivity index (χ0v) is 15.4. The quantitative estimate of drug-likeness (QED) is 0.826. The zero-order chi connectivity index (χ0) is 18.0. The minimum Gasteiger partial charge on any atom is -0.373 e. The number of hydrogen-bond acceptors (Lipinski definition) is 3. The summed E-state index contributed by atoms with van der Waals surface area (Å²) < 4.78 is 6.29. The van der Waals surface area contributed by atoms with E-state index in [-0.39, 0.29) is 5.60 Å². The van der Waals surface area contributed by atoms with Gasteiger partial charge in [0.1, 0.15) is 5.60 Å². The molecular weight excluding hydrogens is 320 g/mol. The van der Waals surface area contributed by atoms with Crippen LogP contribution < -0.4 is 0 Å². The molecule has 0 spiro atoms. The van der Waals surface area contributed by atoms with Crippen LogP contribution in [-0.4, -0.2) is 25.1 Å². The number of fused-ring (bicyclic) bond motifs is 2. The average molecular weight is 346 g/mol. The van der Waals surface area contributed by atoms with Crippen LogP contribution in [0.1, 0.15) is 36.0 Å². The van der Waals surface area contributed by atoms with Gasteiger partial charge in [0.15, 0.2) is 0 Å². The summed E-state index contributed by atoms with van der Waals surface area (Å²) in [5.41, 5.74) is 3.04. The van der Waals surface area contributed by atoms with E-state index in [1.165, 1.54) is 30.4 Å². The summed E-state index contributed by atoms with van der Waals surface area (Å²) in [6.07, 6.45) is 3.65. The van der Waals surface area contributed by atoms with Gasteiger partial charge in [-0.25, -0.2) is 0 Å². The first-order chi connectivity index (χ1) is 12.8. The molecule has 2 aliphatic rings. The molecule has 1 heterocycles. The molecule has 3 nitrogen and oxygen atoms in total. The van der Waals surface area contributed by atoms with Gasteiger partial charge in [-0.2, -0.15) is 5.26 Å². The van der Waals surface area contributed by atoms with Crippen molar-refractivity contribution in [3.05, 3.63) is 71.3 Å². The molecule has 26 heavy (non-hydrogen) atoms. The summed E-state index contributed by atoms with van der Waals surface area (Å²) in [6, 6.07) is 21.1. The van der Waals surface area contributed by atoms with Crippen LogP contribution in [0, 0.1) is 23.2 Å². The van der Waals surface area contributed by atoms with Crippen LogP contribution >= 0.6 is 0 Å². The van der Waals surface area contributed by atoms with E-state index in [4.69, 9.17) is 4.74 Å². The SMILES string of the molecule is COC1(c2cccc(C#N)c2)[C@@H]2CCC[C@H]1CN(Cc1ccccc1)C2. The van der Waals surface area contributed by atoms with Crippen LogP contribution in [0.5, 0.6) is 0 Å². The average Bonchev–Trinajstić information content (AvgIpc) is 2.68. The minimum absolute atomic E-state index is 0.252. The Balaban J connectivity index is 1.64. The molecule has 2 bridgehead atoms. The Kier molecular flexibility index (Phi) is 4.80. The largest absolute Gasteiger partial charge is 0.373 e. The fourth-order valence-corrected chi connectivity index (χ4v) is 5.25. The van der Waals surface area contributed by atoms with E-state index < -0.39 is 0 Å². The van der Waals surface area contributed by atoms with E-state index in [0.717, 1.165) is 25.2 Å². The second-order valence-corrected chi connectivity index (χ2v) is 7.69. The highest BCUT2D eigenvalue weighted by molar-refractivity contribution is 5.37. The van der Waals surface area contributed by atoms with Crippen molar-refractivity contribution in [1.82, 2.24) is 4.90 Å². The lowest BCUT2D eigenvalue weighted by Gasteiger charge is -2.55. The molecule has 1 aliphatic carbocycles. The second kappa shape index (κ2) is 7.23. The molecular formula is C23H26N2O. The van der Waals surface area contributed by atoms with E-state index >= 15 is 0 Å². The summed E-state index contributed by atoms with van der Waals surface area (Å²) >= 11 is 0. The van der Waals surface area contributed by atoms with Crippen LogP contribution in [0.25, 0.3) is 0 Å². The van der Waals surface area contributed by atoms with Gasteiger partial charge in [-0.3, -0.25) is 4.90 Å². The van der Waals surface area contributed by atoms with Crippen LogP contribution in [0.2, 0.25) is 0 Å². The van der Waals surface area contributed by atoms with Crippen molar-refractivity contribution in [3.63, 3.8) is 0 Å². The molecule has 2 aromatic carbocycles. The van der Waals surface area contributed by atoms with Crippen molar-refractivity contribution >= 4 is 0 Å². The Labute approximate surface area is 156 Å². The van der Waals surface area contributed by atoms with Gasteiger partial charge >= 0.3 is 0 Å². The van der Waals surface area contributed by atoms with Crippen molar-refractivity contribution in [2.45, 2.75) is 31.4 Å². The predicted molar refractivity (Wildman–Crippen MR) is 102 cm³/mol. The monoisotopic (exact) mass is 346 g/mol. The lowest BCUT2D eigenvalue weighted by Crippen LogP contribution is -2.58.